The Hall–Kier alpha value is -12.4. The van der Waals surface area contributed by atoms with E-state index in [1.54, 1.807) is 72.8 Å². The van der Waals surface area contributed by atoms with Crippen molar-refractivity contribution < 1.29 is 35.1 Å². The van der Waals surface area contributed by atoms with Gasteiger partial charge in [-0.3, -0.25) is 0 Å². The van der Waals surface area contributed by atoms with Crippen molar-refractivity contribution in [3.63, 3.8) is 0 Å². The molecule has 0 heterocycles. The monoisotopic (exact) mass is 1320 g/mol. The Bertz CT molecular complexity index is 5180. The first-order valence-corrected chi connectivity index (χ1v) is 32.5. The van der Waals surface area contributed by atoms with Crippen molar-refractivity contribution in [3.8, 4) is 55.6 Å². The van der Waals surface area contributed by atoms with Crippen LogP contribution in [0.5, 0.6) is 0 Å². The quantitative estimate of drug-likeness (QED) is 0.0573. The molecule has 14 aromatic rings. The summed E-state index contributed by atoms with van der Waals surface area (Å²) in [5, 5.41) is 0. The van der Waals surface area contributed by atoms with E-state index in [0.717, 1.165) is 79.4 Å². The predicted octanol–water partition coefficient (Wildman–Crippen LogP) is 24.8. The molecular formula is C90H56F8N2. The molecule has 14 aromatic carbocycles. The minimum Gasteiger partial charge on any atom is -0.310 e. The summed E-state index contributed by atoms with van der Waals surface area (Å²) in [7, 11) is 0. The summed E-state index contributed by atoms with van der Waals surface area (Å²) in [6, 6.07) is 94.6. The highest BCUT2D eigenvalue weighted by Crippen LogP contribution is 2.60. The van der Waals surface area contributed by atoms with E-state index < -0.39 is 68.5 Å². The second-order valence-corrected chi connectivity index (χ2v) is 25.0. The topological polar surface area (TPSA) is 6.48 Å². The summed E-state index contributed by atoms with van der Waals surface area (Å²) < 4.78 is 128. The molecule has 2 unspecified atom stereocenters. The van der Waals surface area contributed by atoms with Gasteiger partial charge in [0.05, 0.1) is 10.8 Å². The van der Waals surface area contributed by atoms with Crippen LogP contribution in [0.4, 0.5) is 69.2 Å². The van der Waals surface area contributed by atoms with E-state index in [1.165, 1.54) is 0 Å². The van der Waals surface area contributed by atoms with Gasteiger partial charge in [0, 0.05) is 45.3 Å². The zero-order valence-electron chi connectivity index (χ0n) is 53.4. The Kier molecular flexibility index (Phi) is 15.5. The van der Waals surface area contributed by atoms with Gasteiger partial charge >= 0.3 is 0 Å². The smallest absolute Gasteiger partial charge is 0.197 e. The Morgan fingerprint density at radius 2 is 0.510 bits per heavy atom. The zero-order chi connectivity index (χ0) is 68.6. The Labute approximate surface area is 573 Å². The summed E-state index contributed by atoms with van der Waals surface area (Å²) in [4.78, 5) is 4.13. The van der Waals surface area contributed by atoms with Gasteiger partial charge in [-0.2, -0.15) is 0 Å². The maximum Gasteiger partial charge on any atom is 0.197 e. The highest BCUT2D eigenvalue weighted by Gasteiger charge is 2.51. The number of halogens is 8. The van der Waals surface area contributed by atoms with Crippen LogP contribution in [-0.4, -0.2) is 0 Å². The van der Waals surface area contributed by atoms with E-state index in [4.69, 9.17) is 0 Å². The Balaban J connectivity index is 0.828. The van der Waals surface area contributed by atoms with E-state index in [1.807, 2.05) is 231 Å². The minimum atomic E-state index is -1.91. The zero-order valence-corrected chi connectivity index (χ0v) is 53.4. The van der Waals surface area contributed by atoms with Crippen LogP contribution >= 0.6 is 0 Å². The van der Waals surface area contributed by atoms with Crippen LogP contribution in [0.25, 0.3) is 67.8 Å². The van der Waals surface area contributed by atoms with Crippen molar-refractivity contribution >= 4 is 46.3 Å². The highest BCUT2D eigenvalue weighted by atomic mass is 19.2. The minimum absolute atomic E-state index is 0.392. The molecule has 0 bridgehead atoms. The molecule has 0 saturated heterocycles. The third-order valence-electron chi connectivity index (χ3n) is 19.8. The summed E-state index contributed by atoms with van der Waals surface area (Å²) in [6.45, 7) is 7.86. The largest absolute Gasteiger partial charge is 0.310 e. The van der Waals surface area contributed by atoms with E-state index in [9.17, 15) is 0 Å². The number of fused-ring (bicyclic) bond motifs is 6. The SMILES string of the molecule is C=Cc1ccc(C2(c3cc(F)c(F)c(F)c3F)c3ccccc3-c3ccc(N(c4ccc(-c5ccccc5)cc4)c4ccc(-c5ccc(N(c6ccc(-c7ccccc7)cc6)c6ccc7c(c6)C(c6ccc(C=C)cc6)(c6cc(F)c(F)c(F)c6F)c6ccccc6-7)cc5)cc4)cc32)cc1. The van der Waals surface area contributed by atoms with Crippen LogP contribution in [0.3, 0.4) is 0 Å². The molecule has 0 aromatic heterocycles. The molecule has 0 fully saturated rings. The molecule has 482 valence electrons. The van der Waals surface area contributed by atoms with Crippen molar-refractivity contribution in [3.05, 3.63) is 419 Å². The summed E-state index contributed by atoms with van der Waals surface area (Å²) in [5.41, 5.74) is 13.2. The standard InChI is InChI=1S/C90H56F8N2/c1-3-55-23-35-63(36-24-55)89(79-53-81(91)85(95)87(97)83(79)93)75-21-13-11-19-71(75)73-49-47-69(51-77(73)89)99(65-39-27-59(28-40-65)57-15-7-5-8-16-57)67-43-31-61(32-44-67)62-33-45-68(46-34-62)100(66-41-29-60(30-42-66)58-17-9-6-10-18-58)70-48-50-74-72-20-12-14-22-76(72)90(78(74)52-70,64-37-25-56(4-2)26-38-64)80-54-82(92)86(96)88(98)84(80)94/h3-54H,1-2H2. The lowest BCUT2D eigenvalue weighted by Gasteiger charge is -2.35. The molecule has 0 N–H and O–H groups in total. The van der Waals surface area contributed by atoms with Gasteiger partial charge in [0.1, 0.15) is 0 Å². The maximum atomic E-state index is 17.0. The number of nitrogens with zero attached hydrogens (tertiary/aromatic N) is 2. The van der Waals surface area contributed by atoms with Gasteiger partial charge in [-0.15, -0.1) is 0 Å². The lowest BCUT2D eigenvalue weighted by Crippen LogP contribution is -2.31. The van der Waals surface area contributed by atoms with E-state index >= 15 is 35.1 Å². The number of anilines is 6. The molecule has 0 aliphatic heterocycles. The van der Waals surface area contributed by atoms with Gasteiger partial charge < -0.3 is 9.80 Å². The second kappa shape index (κ2) is 24.9. The van der Waals surface area contributed by atoms with Crippen molar-refractivity contribution in [2.75, 3.05) is 9.80 Å². The predicted molar refractivity (Wildman–Crippen MR) is 387 cm³/mol. The lowest BCUT2D eigenvalue weighted by atomic mass is 9.67. The average Bonchev–Trinajstić information content (AvgIpc) is 1.52. The molecule has 16 rings (SSSR count). The molecule has 0 radical (unpaired) electrons. The molecule has 2 atom stereocenters. The van der Waals surface area contributed by atoms with Gasteiger partial charge in [-0.1, -0.05) is 244 Å². The number of hydrogen-bond acceptors (Lipinski definition) is 2. The van der Waals surface area contributed by atoms with Gasteiger partial charge in [-0.25, -0.2) is 35.1 Å². The maximum absolute atomic E-state index is 17.0. The molecule has 0 spiro atoms. The Morgan fingerprint density at radius 1 is 0.230 bits per heavy atom. The van der Waals surface area contributed by atoms with Crippen LogP contribution in [0.15, 0.2) is 316 Å². The third-order valence-corrected chi connectivity index (χ3v) is 19.8. The van der Waals surface area contributed by atoms with Crippen molar-refractivity contribution in [1.29, 1.82) is 0 Å². The van der Waals surface area contributed by atoms with Crippen LogP contribution in [0.1, 0.15) is 55.6 Å². The number of rotatable bonds is 15. The van der Waals surface area contributed by atoms with Crippen molar-refractivity contribution in [2.24, 2.45) is 0 Å². The number of benzene rings is 14. The molecule has 10 heteroatoms. The first-order chi connectivity index (χ1) is 48.8. The fourth-order valence-electron chi connectivity index (χ4n) is 15.1. The molecule has 0 saturated carbocycles. The average molecular weight is 1320 g/mol. The normalized spacial score (nSPS) is 14.8. The van der Waals surface area contributed by atoms with E-state index in [2.05, 4.69) is 23.0 Å². The first-order valence-electron chi connectivity index (χ1n) is 32.5. The van der Waals surface area contributed by atoms with Crippen molar-refractivity contribution in [1.82, 2.24) is 0 Å². The van der Waals surface area contributed by atoms with Crippen LogP contribution in [0, 0.1) is 46.5 Å². The molecule has 2 aliphatic carbocycles. The van der Waals surface area contributed by atoms with E-state index in [0.29, 0.717) is 67.0 Å². The summed E-state index contributed by atoms with van der Waals surface area (Å²) in [6.07, 6.45) is 3.33. The Morgan fingerprint density at radius 3 is 0.830 bits per heavy atom. The van der Waals surface area contributed by atoms with Gasteiger partial charge in [0.25, 0.3) is 0 Å². The lowest BCUT2D eigenvalue weighted by molar-refractivity contribution is 0.399. The molecule has 2 aliphatic rings. The summed E-state index contributed by atoms with van der Waals surface area (Å²) >= 11 is 0. The van der Waals surface area contributed by atoms with Crippen LogP contribution in [0.2, 0.25) is 0 Å². The molecule has 0 amide bonds. The number of hydrogen-bond donors (Lipinski definition) is 0. The fourth-order valence-corrected chi connectivity index (χ4v) is 15.1. The molecule has 100 heavy (non-hydrogen) atoms. The van der Waals surface area contributed by atoms with Crippen LogP contribution in [-0.2, 0) is 10.8 Å². The first kappa shape index (κ1) is 62.4. The molecular weight excluding hydrogens is 1260 g/mol. The highest BCUT2D eigenvalue weighted by molar-refractivity contribution is 5.93. The van der Waals surface area contributed by atoms with Crippen LogP contribution < -0.4 is 9.80 Å². The summed E-state index contributed by atoms with van der Waals surface area (Å²) in [5.74, 6) is -13.7. The second-order valence-electron chi connectivity index (χ2n) is 25.0. The van der Waals surface area contributed by atoms with Gasteiger partial charge in [-0.05, 0) is 185 Å². The van der Waals surface area contributed by atoms with Crippen molar-refractivity contribution in [2.45, 2.75) is 10.8 Å². The molecule has 2 nitrogen and oxygen atoms in total. The van der Waals surface area contributed by atoms with Gasteiger partial charge in [0.15, 0.2) is 46.5 Å². The van der Waals surface area contributed by atoms with Gasteiger partial charge in [0.2, 0.25) is 0 Å². The fraction of sp³-hybridized carbons (Fsp3) is 0.0222. The van der Waals surface area contributed by atoms with E-state index in [-0.39, 0.29) is 0 Å². The third kappa shape index (κ3) is 9.99.